The maximum atomic E-state index is 12.4. The van der Waals surface area contributed by atoms with E-state index in [0.29, 0.717) is 13.1 Å². The average Bonchev–Trinajstić information content (AvgIpc) is 3.20. The molecule has 6 heteroatoms. The fourth-order valence-corrected chi connectivity index (χ4v) is 3.39. The van der Waals surface area contributed by atoms with Crippen molar-refractivity contribution in [2.24, 2.45) is 0 Å². The van der Waals surface area contributed by atoms with Crippen molar-refractivity contribution in [3.8, 4) is 11.5 Å². The van der Waals surface area contributed by atoms with Crippen LogP contribution in [-0.4, -0.2) is 43.8 Å². The van der Waals surface area contributed by atoms with Gasteiger partial charge >= 0.3 is 0 Å². The van der Waals surface area contributed by atoms with Gasteiger partial charge in [-0.15, -0.1) is 0 Å². The molecule has 1 amide bonds. The molecule has 1 fully saturated rings. The maximum absolute atomic E-state index is 12.4. The highest BCUT2D eigenvalue weighted by Crippen LogP contribution is 2.32. The summed E-state index contributed by atoms with van der Waals surface area (Å²) in [6.07, 6.45) is 7.18. The van der Waals surface area contributed by atoms with E-state index in [1.807, 2.05) is 59.5 Å². The first kappa shape index (κ1) is 18.4. The van der Waals surface area contributed by atoms with Crippen molar-refractivity contribution in [2.45, 2.75) is 0 Å². The van der Waals surface area contributed by atoms with Gasteiger partial charge in [-0.3, -0.25) is 4.79 Å². The fraction of sp³-hybridized carbons (Fsp3) is 0.227. The van der Waals surface area contributed by atoms with Gasteiger partial charge in [-0.05, 0) is 42.0 Å². The van der Waals surface area contributed by atoms with Crippen LogP contribution in [0.25, 0.3) is 6.08 Å². The van der Waals surface area contributed by atoms with Crippen LogP contribution < -0.4 is 14.4 Å². The van der Waals surface area contributed by atoms with Crippen LogP contribution in [0.3, 0.4) is 0 Å². The topological polar surface area (TPSA) is 42.0 Å². The second-order valence-corrected chi connectivity index (χ2v) is 7.06. The summed E-state index contributed by atoms with van der Waals surface area (Å²) < 4.78 is 10.7. The lowest BCUT2D eigenvalue weighted by Gasteiger charge is -2.35. The number of rotatable bonds is 4. The van der Waals surface area contributed by atoms with Crippen molar-refractivity contribution in [3.05, 3.63) is 71.3 Å². The zero-order chi connectivity index (χ0) is 19.3. The largest absolute Gasteiger partial charge is 0.454 e. The molecule has 1 saturated heterocycles. The van der Waals surface area contributed by atoms with Crippen LogP contribution in [0.4, 0.5) is 5.69 Å². The number of hydrogen-bond acceptors (Lipinski definition) is 4. The Morgan fingerprint density at radius 3 is 2.46 bits per heavy atom. The van der Waals surface area contributed by atoms with Gasteiger partial charge in [-0.2, -0.15) is 0 Å². The van der Waals surface area contributed by atoms with E-state index in [-0.39, 0.29) is 12.7 Å². The molecule has 0 aliphatic carbocycles. The zero-order valence-corrected chi connectivity index (χ0v) is 16.1. The van der Waals surface area contributed by atoms with Crippen LogP contribution in [0, 0.1) is 0 Å². The van der Waals surface area contributed by atoms with Crippen LogP contribution in [0.2, 0.25) is 5.02 Å². The molecule has 0 saturated carbocycles. The fourth-order valence-electron chi connectivity index (χ4n) is 3.26. The van der Waals surface area contributed by atoms with Gasteiger partial charge in [0.2, 0.25) is 12.7 Å². The number of carbonyl (C=O) groups excluding carboxylic acids is 1. The van der Waals surface area contributed by atoms with Gasteiger partial charge in [-0.1, -0.05) is 35.9 Å². The number of amides is 1. The summed E-state index contributed by atoms with van der Waals surface area (Å²) in [7, 11) is 0. The summed E-state index contributed by atoms with van der Waals surface area (Å²) in [5, 5.41) is 0.733. The Hall–Kier alpha value is -2.92. The molecule has 28 heavy (non-hydrogen) atoms. The molecule has 0 aromatic heterocycles. The Morgan fingerprint density at radius 2 is 1.68 bits per heavy atom. The number of anilines is 1. The molecule has 0 radical (unpaired) electrons. The lowest BCUT2D eigenvalue weighted by molar-refractivity contribution is -0.126. The Balaban J connectivity index is 1.27. The van der Waals surface area contributed by atoms with Crippen LogP contribution >= 0.6 is 11.6 Å². The third-order valence-electron chi connectivity index (χ3n) is 4.82. The molecule has 0 spiro atoms. The lowest BCUT2D eigenvalue weighted by Crippen LogP contribution is -2.48. The molecule has 4 rings (SSSR count). The Kier molecular flexibility index (Phi) is 5.53. The molecule has 2 aromatic carbocycles. The number of allylic oxidation sites excluding steroid dienone is 2. The maximum Gasteiger partial charge on any atom is 0.246 e. The van der Waals surface area contributed by atoms with Gasteiger partial charge in [0.15, 0.2) is 11.5 Å². The van der Waals surface area contributed by atoms with Crippen LogP contribution in [0.5, 0.6) is 11.5 Å². The van der Waals surface area contributed by atoms with E-state index in [1.165, 1.54) is 0 Å². The minimum Gasteiger partial charge on any atom is -0.454 e. The third kappa shape index (κ3) is 4.31. The van der Waals surface area contributed by atoms with E-state index < -0.39 is 0 Å². The van der Waals surface area contributed by atoms with Crippen molar-refractivity contribution < 1.29 is 14.3 Å². The summed E-state index contributed by atoms with van der Waals surface area (Å²) in [5.41, 5.74) is 2.14. The number of carbonyl (C=O) groups is 1. The second-order valence-electron chi connectivity index (χ2n) is 6.62. The Labute approximate surface area is 169 Å². The summed E-state index contributed by atoms with van der Waals surface area (Å²) >= 11 is 5.94. The summed E-state index contributed by atoms with van der Waals surface area (Å²) in [6, 6.07) is 13.6. The highest BCUT2D eigenvalue weighted by Gasteiger charge is 2.19. The second kappa shape index (κ2) is 8.40. The van der Waals surface area contributed by atoms with Gasteiger partial charge in [0.05, 0.1) is 0 Å². The van der Waals surface area contributed by atoms with Crippen LogP contribution in [-0.2, 0) is 4.79 Å². The monoisotopic (exact) mass is 396 g/mol. The van der Waals surface area contributed by atoms with Crippen LogP contribution in [0.1, 0.15) is 5.56 Å². The third-order valence-corrected chi connectivity index (χ3v) is 5.07. The van der Waals surface area contributed by atoms with Gasteiger partial charge in [-0.25, -0.2) is 0 Å². The molecular formula is C22H21ClN2O3. The van der Waals surface area contributed by atoms with E-state index in [9.17, 15) is 4.79 Å². The minimum atomic E-state index is 0.0334. The van der Waals surface area contributed by atoms with Crippen molar-refractivity contribution in [1.82, 2.24) is 4.90 Å². The number of hydrogen-bond donors (Lipinski definition) is 0. The number of fused-ring (bicyclic) bond motifs is 1. The summed E-state index contributed by atoms with van der Waals surface area (Å²) in [5.74, 6) is 1.55. The highest BCUT2D eigenvalue weighted by molar-refractivity contribution is 6.30. The predicted octanol–water partition coefficient (Wildman–Crippen LogP) is 3.99. The number of benzene rings is 2. The molecule has 2 aromatic rings. The molecule has 0 atom stereocenters. The van der Waals surface area contributed by atoms with E-state index in [0.717, 1.165) is 40.9 Å². The average molecular weight is 397 g/mol. The molecular weight excluding hydrogens is 376 g/mol. The van der Waals surface area contributed by atoms with Crippen molar-refractivity contribution in [2.75, 3.05) is 37.9 Å². The standard InChI is InChI=1S/C22H21ClN2O3/c23-18-6-8-19(9-7-18)24-11-13-25(14-12-24)22(26)4-2-1-3-17-5-10-20-21(15-17)28-16-27-20/h1-10,15H,11-14,16H2. The Bertz CT molecular complexity index is 900. The van der Waals surface area contributed by atoms with Gasteiger partial charge in [0.25, 0.3) is 0 Å². The first-order valence-electron chi connectivity index (χ1n) is 9.23. The van der Waals surface area contributed by atoms with Gasteiger partial charge in [0, 0.05) is 43.0 Å². The van der Waals surface area contributed by atoms with Crippen LogP contribution in [0.15, 0.2) is 60.7 Å². The smallest absolute Gasteiger partial charge is 0.246 e. The number of ether oxygens (including phenoxy) is 2. The summed E-state index contributed by atoms with van der Waals surface area (Å²) in [4.78, 5) is 16.5. The van der Waals surface area contributed by atoms with E-state index in [4.69, 9.17) is 21.1 Å². The van der Waals surface area contributed by atoms with Gasteiger partial charge in [0.1, 0.15) is 0 Å². The molecule has 2 aliphatic rings. The normalized spacial score (nSPS) is 16.3. The minimum absolute atomic E-state index is 0.0334. The molecule has 2 heterocycles. The first-order chi connectivity index (χ1) is 13.7. The van der Waals surface area contributed by atoms with Crippen molar-refractivity contribution in [3.63, 3.8) is 0 Å². The van der Waals surface area contributed by atoms with E-state index in [2.05, 4.69) is 4.90 Å². The van der Waals surface area contributed by atoms with E-state index >= 15 is 0 Å². The predicted molar refractivity (Wildman–Crippen MR) is 111 cm³/mol. The molecule has 144 valence electrons. The number of nitrogens with zero attached hydrogens (tertiary/aromatic N) is 2. The molecule has 0 N–H and O–H groups in total. The Morgan fingerprint density at radius 1 is 0.929 bits per heavy atom. The quantitative estimate of drug-likeness (QED) is 0.579. The van der Waals surface area contributed by atoms with Gasteiger partial charge < -0.3 is 19.3 Å². The molecule has 5 nitrogen and oxygen atoms in total. The first-order valence-corrected chi connectivity index (χ1v) is 9.61. The number of piperazine rings is 1. The van der Waals surface area contributed by atoms with E-state index in [1.54, 1.807) is 12.2 Å². The number of halogens is 1. The van der Waals surface area contributed by atoms with Crippen molar-refractivity contribution >= 4 is 29.3 Å². The molecule has 2 aliphatic heterocycles. The lowest BCUT2D eigenvalue weighted by atomic mass is 10.2. The highest BCUT2D eigenvalue weighted by atomic mass is 35.5. The SMILES string of the molecule is O=C(C=CC=Cc1ccc2c(c1)OCO2)N1CCN(c2ccc(Cl)cc2)CC1. The zero-order valence-electron chi connectivity index (χ0n) is 15.4. The molecule has 0 bridgehead atoms. The molecule has 0 unspecified atom stereocenters. The summed E-state index contributed by atoms with van der Waals surface area (Å²) in [6.45, 7) is 3.31. The van der Waals surface area contributed by atoms with Crippen molar-refractivity contribution in [1.29, 1.82) is 0 Å².